The van der Waals surface area contributed by atoms with Gasteiger partial charge < -0.3 is 25.2 Å². The first kappa shape index (κ1) is 18.3. The van der Waals surface area contributed by atoms with Crippen molar-refractivity contribution in [3.05, 3.63) is 23.8 Å². The van der Waals surface area contributed by atoms with Crippen LogP contribution in [-0.2, 0) is 9.59 Å². The molecule has 0 aromatic heterocycles. The Labute approximate surface area is 133 Å². The van der Waals surface area contributed by atoms with Crippen molar-refractivity contribution in [3.8, 4) is 11.5 Å². The molecule has 0 bridgehead atoms. The summed E-state index contributed by atoms with van der Waals surface area (Å²) in [5, 5.41) is 8.60. The van der Waals surface area contributed by atoms with Gasteiger partial charge in [0.05, 0.1) is 7.11 Å². The second-order valence-corrected chi connectivity index (χ2v) is 4.84. The Hall–Kier alpha value is -2.77. The van der Waals surface area contributed by atoms with E-state index in [-0.39, 0.29) is 18.9 Å². The van der Waals surface area contributed by atoms with Gasteiger partial charge in [-0.3, -0.25) is 14.4 Å². The SMILES string of the molecule is COc1cc(C(=O)N(C)CCCC(=O)O)ccc1OCC(N)=O. The standard InChI is InChI=1S/C15H20N2O6/c1-17(7-3-4-14(19)20)15(21)10-5-6-11(12(8-10)22-2)23-9-13(16)18/h5-6,8H,3-4,7,9H2,1-2H3,(H2,16,18)(H,19,20). The van der Waals surface area contributed by atoms with E-state index in [1.54, 1.807) is 7.05 Å². The Morgan fingerprint density at radius 3 is 2.52 bits per heavy atom. The molecule has 0 fully saturated rings. The zero-order valence-corrected chi connectivity index (χ0v) is 13.1. The number of nitrogens with two attached hydrogens (primary N) is 1. The molecule has 23 heavy (non-hydrogen) atoms. The molecule has 8 heteroatoms. The molecule has 2 amide bonds. The van der Waals surface area contributed by atoms with E-state index in [4.69, 9.17) is 20.3 Å². The minimum Gasteiger partial charge on any atom is -0.493 e. The minimum atomic E-state index is -0.900. The monoisotopic (exact) mass is 324 g/mol. The van der Waals surface area contributed by atoms with Gasteiger partial charge in [-0.2, -0.15) is 0 Å². The summed E-state index contributed by atoms with van der Waals surface area (Å²) in [5.74, 6) is -1.18. The van der Waals surface area contributed by atoms with Gasteiger partial charge in [0.1, 0.15) is 0 Å². The van der Waals surface area contributed by atoms with Gasteiger partial charge in [0, 0.05) is 25.6 Å². The largest absolute Gasteiger partial charge is 0.493 e. The molecule has 0 radical (unpaired) electrons. The number of hydrogen-bond donors (Lipinski definition) is 2. The molecule has 0 aliphatic carbocycles. The zero-order valence-electron chi connectivity index (χ0n) is 13.1. The Morgan fingerprint density at radius 1 is 1.26 bits per heavy atom. The molecule has 0 saturated carbocycles. The number of amides is 2. The van der Waals surface area contributed by atoms with Gasteiger partial charge in [-0.05, 0) is 24.6 Å². The van der Waals surface area contributed by atoms with Crippen LogP contribution in [-0.4, -0.2) is 55.1 Å². The molecule has 0 spiro atoms. The molecule has 8 nitrogen and oxygen atoms in total. The predicted octanol–water partition coefficient (Wildman–Crippen LogP) is 0.496. The number of hydrogen-bond acceptors (Lipinski definition) is 5. The molecular weight excluding hydrogens is 304 g/mol. The molecule has 0 saturated heterocycles. The first-order valence-electron chi connectivity index (χ1n) is 6.91. The van der Waals surface area contributed by atoms with E-state index >= 15 is 0 Å². The number of primary amides is 1. The van der Waals surface area contributed by atoms with Crippen LogP contribution in [0.4, 0.5) is 0 Å². The first-order valence-corrected chi connectivity index (χ1v) is 6.91. The van der Waals surface area contributed by atoms with Crippen molar-refractivity contribution < 1.29 is 29.0 Å². The number of nitrogens with zero attached hydrogens (tertiary/aromatic N) is 1. The lowest BCUT2D eigenvalue weighted by Gasteiger charge is -2.18. The number of aliphatic carboxylic acids is 1. The topological polar surface area (TPSA) is 119 Å². The summed E-state index contributed by atoms with van der Waals surface area (Å²) in [7, 11) is 3.01. The average molecular weight is 324 g/mol. The van der Waals surface area contributed by atoms with Crippen LogP contribution in [0.3, 0.4) is 0 Å². The Balaban J connectivity index is 2.77. The van der Waals surface area contributed by atoms with Crippen molar-refractivity contribution in [3.63, 3.8) is 0 Å². The van der Waals surface area contributed by atoms with Gasteiger partial charge in [0.2, 0.25) is 0 Å². The van der Waals surface area contributed by atoms with E-state index in [1.807, 2.05) is 0 Å². The lowest BCUT2D eigenvalue weighted by molar-refractivity contribution is -0.137. The number of carboxylic acids is 1. The number of carbonyl (C=O) groups is 3. The highest BCUT2D eigenvalue weighted by atomic mass is 16.5. The zero-order chi connectivity index (χ0) is 17.4. The van der Waals surface area contributed by atoms with Crippen LogP contribution in [0, 0.1) is 0 Å². The van der Waals surface area contributed by atoms with E-state index in [9.17, 15) is 14.4 Å². The van der Waals surface area contributed by atoms with Gasteiger partial charge in [0.15, 0.2) is 18.1 Å². The van der Waals surface area contributed by atoms with Crippen molar-refractivity contribution >= 4 is 17.8 Å². The molecule has 0 aliphatic rings. The van der Waals surface area contributed by atoms with Crippen molar-refractivity contribution in [1.29, 1.82) is 0 Å². The fourth-order valence-corrected chi connectivity index (χ4v) is 1.86. The number of rotatable bonds is 9. The van der Waals surface area contributed by atoms with Crippen molar-refractivity contribution in [1.82, 2.24) is 4.90 Å². The molecule has 0 atom stereocenters. The van der Waals surface area contributed by atoms with Crippen LogP contribution >= 0.6 is 0 Å². The summed E-state index contributed by atoms with van der Waals surface area (Å²) in [6, 6.07) is 4.54. The highest BCUT2D eigenvalue weighted by Gasteiger charge is 2.15. The van der Waals surface area contributed by atoms with Gasteiger partial charge >= 0.3 is 5.97 Å². The molecule has 3 N–H and O–H groups in total. The fourth-order valence-electron chi connectivity index (χ4n) is 1.86. The van der Waals surface area contributed by atoms with Crippen molar-refractivity contribution in [2.45, 2.75) is 12.8 Å². The second-order valence-electron chi connectivity index (χ2n) is 4.84. The van der Waals surface area contributed by atoms with E-state index in [0.29, 0.717) is 30.0 Å². The molecule has 1 aromatic rings. The number of methoxy groups -OCH3 is 1. The quantitative estimate of drug-likeness (QED) is 0.682. The van der Waals surface area contributed by atoms with Crippen LogP contribution in [0.2, 0.25) is 0 Å². The predicted molar refractivity (Wildman–Crippen MR) is 81.5 cm³/mol. The van der Waals surface area contributed by atoms with Crippen LogP contribution in [0.15, 0.2) is 18.2 Å². The molecule has 0 aliphatic heterocycles. The van der Waals surface area contributed by atoms with Gasteiger partial charge in [-0.15, -0.1) is 0 Å². The summed E-state index contributed by atoms with van der Waals surface area (Å²) in [6.45, 7) is 0.0338. The highest BCUT2D eigenvalue weighted by Crippen LogP contribution is 2.28. The van der Waals surface area contributed by atoms with Crippen LogP contribution in [0.1, 0.15) is 23.2 Å². The first-order chi connectivity index (χ1) is 10.8. The maximum Gasteiger partial charge on any atom is 0.303 e. The third-order valence-corrected chi connectivity index (χ3v) is 3.01. The third-order valence-electron chi connectivity index (χ3n) is 3.01. The second kappa shape index (κ2) is 8.62. The summed E-state index contributed by atoms with van der Waals surface area (Å²) in [6.07, 6.45) is 0.370. The molecule has 126 valence electrons. The lowest BCUT2D eigenvalue weighted by atomic mass is 10.1. The Bertz CT molecular complexity index is 587. The number of benzene rings is 1. The summed E-state index contributed by atoms with van der Waals surface area (Å²) >= 11 is 0. The van der Waals surface area contributed by atoms with Gasteiger partial charge in [0.25, 0.3) is 11.8 Å². The molecule has 0 heterocycles. The average Bonchev–Trinajstić information content (AvgIpc) is 2.51. The smallest absolute Gasteiger partial charge is 0.303 e. The Kier molecular flexibility index (Phi) is 6.85. The lowest BCUT2D eigenvalue weighted by Crippen LogP contribution is -2.28. The van der Waals surface area contributed by atoms with Crippen LogP contribution in [0.25, 0.3) is 0 Å². The van der Waals surface area contributed by atoms with E-state index < -0.39 is 11.9 Å². The number of ether oxygens (including phenoxy) is 2. The maximum absolute atomic E-state index is 12.3. The highest BCUT2D eigenvalue weighted by molar-refractivity contribution is 5.94. The van der Waals surface area contributed by atoms with Crippen LogP contribution in [0.5, 0.6) is 11.5 Å². The Morgan fingerprint density at radius 2 is 1.96 bits per heavy atom. The summed E-state index contributed by atoms with van der Waals surface area (Å²) in [4.78, 5) is 34.9. The van der Waals surface area contributed by atoms with Gasteiger partial charge in [-0.1, -0.05) is 0 Å². The van der Waals surface area contributed by atoms with E-state index in [1.165, 1.54) is 30.2 Å². The van der Waals surface area contributed by atoms with Crippen molar-refractivity contribution in [2.75, 3.05) is 27.3 Å². The van der Waals surface area contributed by atoms with E-state index in [0.717, 1.165) is 0 Å². The van der Waals surface area contributed by atoms with Crippen LogP contribution < -0.4 is 15.2 Å². The third kappa shape index (κ3) is 5.85. The number of carbonyl (C=O) groups excluding carboxylic acids is 2. The minimum absolute atomic E-state index is 0.000830. The summed E-state index contributed by atoms with van der Waals surface area (Å²) < 4.78 is 10.3. The molecule has 1 aromatic carbocycles. The normalized spacial score (nSPS) is 10.0. The van der Waals surface area contributed by atoms with Gasteiger partial charge in [-0.25, -0.2) is 0 Å². The molecule has 1 rings (SSSR count). The van der Waals surface area contributed by atoms with Crippen molar-refractivity contribution in [2.24, 2.45) is 5.73 Å². The maximum atomic E-state index is 12.3. The summed E-state index contributed by atoms with van der Waals surface area (Å²) in [5.41, 5.74) is 5.38. The fraction of sp³-hybridized carbons (Fsp3) is 0.400. The van der Waals surface area contributed by atoms with E-state index in [2.05, 4.69) is 0 Å². The number of carboxylic acid groups (broad SMARTS) is 1. The molecular formula is C15H20N2O6. The molecule has 0 unspecified atom stereocenters.